The third kappa shape index (κ3) is 6.85. The van der Waals surface area contributed by atoms with Crippen LogP contribution in [-0.2, 0) is 21.5 Å². The van der Waals surface area contributed by atoms with Crippen molar-refractivity contribution in [3.63, 3.8) is 0 Å². The number of allylic oxidation sites excluding steroid dienone is 1. The van der Waals surface area contributed by atoms with Crippen LogP contribution in [0.5, 0.6) is 0 Å². The van der Waals surface area contributed by atoms with E-state index in [0.29, 0.717) is 11.7 Å². The van der Waals surface area contributed by atoms with E-state index in [1.54, 1.807) is 6.08 Å². The molecule has 3 rings (SSSR count). The van der Waals surface area contributed by atoms with Gasteiger partial charge < -0.3 is 10.6 Å². The van der Waals surface area contributed by atoms with Crippen LogP contribution >= 0.6 is 11.8 Å². The monoisotopic (exact) mass is 505 g/mol. The molecule has 0 aliphatic rings. The quantitative estimate of drug-likeness (QED) is 0.308. The summed E-state index contributed by atoms with van der Waals surface area (Å²) in [4.78, 5) is 24.8. The van der Waals surface area contributed by atoms with Crippen LogP contribution in [0.15, 0.2) is 54.2 Å². The minimum absolute atomic E-state index is 0.0659. The number of hydrogen-bond acceptors (Lipinski definition) is 5. The lowest BCUT2D eigenvalue weighted by Gasteiger charge is -2.19. The summed E-state index contributed by atoms with van der Waals surface area (Å²) in [6, 6.07) is 12.3. The largest absolute Gasteiger partial charge is 0.346 e. The van der Waals surface area contributed by atoms with Gasteiger partial charge in [-0.05, 0) is 42.9 Å². The zero-order chi connectivity index (χ0) is 26.5. The number of thioether (sulfide) groups is 1. The van der Waals surface area contributed by atoms with E-state index in [1.807, 2.05) is 49.6 Å². The van der Waals surface area contributed by atoms with Gasteiger partial charge in [-0.3, -0.25) is 14.2 Å². The number of benzene rings is 2. The highest BCUT2D eigenvalue weighted by molar-refractivity contribution is 7.99. The first-order valence-corrected chi connectivity index (χ1v) is 12.9. The Balaban J connectivity index is 1.60. The van der Waals surface area contributed by atoms with Crippen LogP contribution in [0.1, 0.15) is 43.0 Å². The van der Waals surface area contributed by atoms with E-state index in [1.165, 1.54) is 17.3 Å². The number of aryl methyl sites for hydroxylation is 3. The fraction of sp³-hybridized carbons (Fsp3) is 0.357. The van der Waals surface area contributed by atoms with Gasteiger partial charge in [0.25, 0.3) is 0 Å². The zero-order valence-corrected chi connectivity index (χ0v) is 22.8. The Labute approximate surface area is 217 Å². The Bertz CT molecular complexity index is 1230. The molecule has 0 aliphatic carbocycles. The SMILES string of the molecule is C=CCn1c(SCC(=O)NCC(=O)Nc2c(C)cc(C)cc2C)nnc1-c1ccc(C(C)(C)C)cc1. The second kappa shape index (κ2) is 11.6. The van der Waals surface area contributed by atoms with Gasteiger partial charge in [0.05, 0.1) is 12.3 Å². The van der Waals surface area contributed by atoms with Crippen LogP contribution in [-0.4, -0.2) is 38.9 Å². The maximum Gasteiger partial charge on any atom is 0.243 e. The first-order valence-electron chi connectivity index (χ1n) is 11.9. The van der Waals surface area contributed by atoms with Crippen molar-refractivity contribution >= 4 is 29.3 Å². The average Bonchev–Trinajstić information content (AvgIpc) is 3.21. The standard InChI is InChI=1S/C28H35N5O2S/c1-8-13-33-26(21-9-11-22(12-10-21)28(5,6)7)31-32-27(33)36-17-24(35)29-16-23(34)30-25-19(3)14-18(2)15-20(25)4/h8-12,14-15H,1,13,16-17H2,2-7H3,(H,29,35)(H,30,34). The van der Waals surface area contributed by atoms with Gasteiger partial charge in [0, 0.05) is 17.8 Å². The molecule has 190 valence electrons. The Morgan fingerprint density at radius 1 is 1.03 bits per heavy atom. The van der Waals surface area contributed by atoms with Crippen molar-refractivity contribution in [1.29, 1.82) is 0 Å². The molecule has 0 unspecified atom stereocenters. The number of aromatic nitrogens is 3. The van der Waals surface area contributed by atoms with Crippen LogP contribution in [0, 0.1) is 20.8 Å². The van der Waals surface area contributed by atoms with Gasteiger partial charge >= 0.3 is 0 Å². The lowest BCUT2D eigenvalue weighted by Crippen LogP contribution is -2.34. The fourth-order valence-corrected chi connectivity index (χ4v) is 4.72. The van der Waals surface area contributed by atoms with Crippen molar-refractivity contribution < 1.29 is 9.59 Å². The number of hydrogen-bond donors (Lipinski definition) is 2. The molecule has 0 spiro atoms. The van der Waals surface area contributed by atoms with Gasteiger partial charge in [0.15, 0.2) is 11.0 Å². The summed E-state index contributed by atoms with van der Waals surface area (Å²) in [7, 11) is 0. The maximum atomic E-state index is 12.4. The highest BCUT2D eigenvalue weighted by Crippen LogP contribution is 2.28. The molecule has 0 radical (unpaired) electrons. The van der Waals surface area contributed by atoms with E-state index in [2.05, 4.69) is 60.3 Å². The summed E-state index contributed by atoms with van der Waals surface area (Å²) in [6.07, 6.45) is 1.78. The molecule has 2 aromatic carbocycles. The van der Waals surface area contributed by atoms with Gasteiger partial charge in [-0.15, -0.1) is 16.8 Å². The van der Waals surface area contributed by atoms with E-state index in [4.69, 9.17) is 0 Å². The molecule has 2 N–H and O–H groups in total. The van der Waals surface area contributed by atoms with Crippen LogP contribution in [0.25, 0.3) is 11.4 Å². The van der Waals surface area contributed by atoms with Gasteiger partial charge in [-0.2, -0.15) is 0 Å². The van der Waals surface area contributed by atoms with Crippen molar-refractivity contribution in [2.75, 3.05) is 17.6 Å². The van der Waals surface area contributed by atoms with Crippen molar-refractivity contribution in [2.45, 2.75) is 58.7 Å². The Hall–Kier alpha value is -3.39. The summed E-state index contributed by atoms with van der Waals surface area (Å²) >= 11 is 1.28. The molecule has 0 saturated heterocycles. The first kappa shape index (κ1) is 27.2. The van der Waals surface area contributed by atoms with Crippen molar-refractivity contribution in [1.82, 2.24) is 20.1 Å². The Kier molecular flexibility index (Phi) is 8.74. The number of amides is 2. The molecule has 1 aromatic heterocycles. The molecule has 0 aliphatic heterocycles. The van der Waals surface area contributed by atoms with Crippen LogP contribution in [0.2, 0.25) is 0 Å². The first-order chi connectivity index (χ1) is 17.0. The van der Waals surface area contributed by atoms with E-state index in [0.717, 1.165) is 33.8 Å². The number of nitrogens with one attached hydrogen (secondary N) is 2. The molecule has 3 aromatic rings. The molecule has 8 heteroatoms. The minimum atomic E-state index is -0.265. The molecular formula is C28H35N5O2S. The van der Waals surface area contributed by atoms with Gasteiger partial charge in [-0.25, -0.2) is 0 Å². The molecule has 0 bridgehead atoms. The maximum absolute atomic E-state index is 12.4. The third-order valence-corrected chi connectivity index (χ3v) is 6.72. The number of carbonyl (C=O) groups excluding carboxylic acids is 2. The van der Waals surface area contributed by atoms with Crippen molar-refractivity contribution in [2.24, 2.45) is 0 Å². The summed E-state index contributed by atoms with van der Waals surface area (Å²) in [5.41, 5.74) is 6.17. The lowest BCUT2D eigenvalue weighted by molar-refractivity contribution is -0.122. The predicted octanol–water partition coefficient (Wildman–Crippen LogP) is 5.20. The summed E-state index contributed by atoms with van der Waals surface area (Å²) < 4.78 is 1.94. The summed E-state index contributed by atoms with van der Waals surface area (Å²) in [5, 5.41) is 14.9. The van der Waals surface area contributed by atoms with Crippen LogP contribution in [0.4, 0.5) is 5.69 Å². The number of rotatable bonds is 9. The average molecular weight is 506 g/mol. The molecule has 36 heavy (non-hydrogen) atoms. The van der Waals surface area contributed by atoms with Crippen LogP contribution < -0.4 is 10.6 Å². The zero-order valence-electron chi connectivity index (χ0n) is 21.9. The highest BCUT2D eigenvalue weighted by Gasteiger charge is 2.18. The number of carbonyl (C=O) groups is 2. The van der Waals surface area contributed by atoms with Gasteiger partial charge in [0.2, 0.25) is 11.8 Å². The molecule has 0 atom stereocenters. The van der Waals surface area contributed by atoms with Crippen molar-refractivity contribution in [3.8, 4) is 11.4 Å². The van der Waals surface area contributed by atoms with Gasteiger partial charge in [0.1, 0.15) is 0 Å². The lowest BCUT2D eigenvalue weighted by atomic mass is 9.87. The molecule has 0 saturated carbocycles. The van der Waals surface area contributed by atoms with E-state index < -0.39 is 0 Å². The van der Waals surface area contributed by atoms with Crippen molar-refractivity contribution in [3.05, 3.63) is 71.3 Å². The van der Waals surface area contributed by atoms with Crippen LogP contribution in [0.3, 0.4) is 0 Å². The molecular weight excluding hydrogens is 470 g/mol. The van der Waals surface area contributed by atoms with Gasteiger partial charge in [-0.1, -0.05) is 80.6 Å². The summed E-state index contributed by atoms with van der Waals surface area (Å²) in [5.74, 6) is 0.325. The predicted molar refractivity (Wildman–Crippen MR) is 147 cm³/mol. The second-order valence-corrected chi connectivity index (χ2v) is 10.9. The molecule has 7 nitrogen and oxygen atoms in total. The number of anilines is 1. The topological polar surface area (TPSA) is 88.9 Å². The second-order valence-electron chi connectivity index (χ2n) is 9.92. The molecule has 0 fully saturated rings. The summed E-state index contributed by atoms with van der Waals surface area (Å²) in [6.45, 7) is 16.7. The van der Waals surface area contributed by atoms with E-state index in [-0.39, 0.29) is 29.5 Å². The smallest absolute Gasteiger partial charge is 0.243 e. The third-order valence-electron chi connectivity index (χ3n) is 5.76. The normalized spacial score (nSPS) is 11.3. The Morgan fingerprint density at radius 3 is 2.25 bits per heavy atom. The number of nitrogens with zero attached hydrogens (tertiary/aromatic N) is 3. The molecule has 2 amide bonds. The minimum Gasteiger partial charge on any atom is -0.346 e. The fourth-order valence-electron chi connectivity index (χ4n) is 3.94. The van der Waals surface area contributed by atoms with E-state index >= 15 is 0 Å². The Morgan fingerprint density at radius 2 is 1.67 bits per heavy atom. The molecule has 1 heterocycles. The van der Waals surface area contributed by atoms with E-state index in [9.17, 15) is 9.59 Å². The highest BCUT2D eigenvalue weighted by atomic mass is 32.2.